The third-order valence-corrected chi connectivity index (χ3v) is 7.83. The molecule has 7 nitrogen and oxygen atoms in total. The molecule has 0 fully saturated rings. The van der Waals surface area contributed by atoms with E-state index in [9.17, 15) is 9.59 Å². The quantitative estimate of drug-likeness (QED) is 0.277. The minimum Gasteiger partial charge on any atom is -0.493 e. The maximum Gasteiger partial charge on any atom is 0.336 e. The highest BCUT2D eigenvalue weighted by molar-refractivity contribution is 6.04. The first-order chi connectivity index (χ1) is 20.4. The van der Waals surface area contributed by atoms with E-state index >= 15 is 0 Å². The van der Waals surface area contributed by atoms with Gasteiger partial charge in [0.05, 0.1) is 32.3 Å². The van der Waals surface area contributed by atoms with Gasteiger partial charge in [0, 0.05) is 29.0 Å². The van der Waals surface area contributed by atoms with Gasteiger partial charge in [-0.3, -0.25) is 4.79 Å². The van der Waals surface area contributed by atoms with Crippen molar-refractivity contribution in [2.45, 2.75) is 51.6 Å². The molecule has 3 aromatic rings. The molecule has 42 heavy (non-hydrogen) atoms. The van der Waals surface area contributed by atoms with Gasteiger partial charge in [0.2, 0.25) is 0 Å². The molecule has 2 aliphatic rings. The van der Waals surface area contributed by atoms with Crippen molar-refractivity contribution in [2.75, 3.05) is 20.8 Å². The number of hydrogen-bond donors (Lipinski definition) is 1. The molecule has 1 aliphatic heterocycles. The molecule has 0 saturated heterocycles. The zero-order chi connectivity index (χ0) is 29.6. The van der Waals surface area contributed by atoms with Gasteiger partial charge < -0.3 is 24.3 Å². The van der Waals surface area contributed by atoms with Crippen LogP contribution >= 0.6 is 0 Å². The highest BCUT2D eigenvalue weighted by atomic mass is 16.5. The number of dihydropyridines is 1. The SMILES string of the molecule is CCCOC(=O)C1=C(C)NC2=C(C(=O)C[C@H](c3ccc(OC)c(OC)c3)C2)[C@@H]1c1ccccc1OCc1ccccc1. The smallest absolute Gasteiger partial charge is 0.336 e. The molecule has 0 saturated carbocycles. The van der Waals surface area contributed by atoms with Crippen LogP contribution in [0.4, 0.5) is 0 Å². The Balaban J connectivity index is 1.55. The van der Waals surface area contributed by atoms with Gasteiger partial charge in [-0.25, -0.2) is 4.79 Å². The Morgan fingerprint density at radius 3 is 2.38 bits per heavy atom. The Morgan fingerprint density at radius 2 is 1.64 bits per heavy atom. The largest absolute Gasteiger partial charge is 0.493 e. The van der Waals surface area contributed by atoms with Crippen molar-refractivity contribution in [2.24, 2.45) is 0 Å². The molecular weight excluding hydrogens is 530 g/mol. The van der Waals surface area contributed by atoms with Crippen molar-refractivity contribution in [3.05, 3.63) is 112 Å². The molecular formula is C35H37NO6. The van der Waals surface area contributed by atoms with Crippen molar-refractivity contribution >= 4 is 11.8 Å². The molecule has 0 amide bonds. The fraction of sp³-hybridized carbons (Fsp3) is 0.314. The van der Waals surface area contributed by atoms with Gasteiger partial charge in [0.1, 0.15) is 12.4 Å². The lowest BCUT2D eigenvalue weighted by Crippen LogP contribution is -2.36. The molecule has 0 unspecified atom stereocenters. The normalized spacial score (nSPS) is 18.2. The number of carbonyl (C=O) groups excluding carboxylic acids is 2. The zero-order valence-corrected chi connectivity index (χ0v) is 24.6. The van der Waals surface area contributed by atoms with E-state index in [0.29, 0.717) is 66.6 Å². The Labute approximate surface area is 247 Å². The predicted octanol–water partition coefficient (Wildman–Crippen LogP) is 6.60. The fourth-order valence-electron chi connectivity index (χ4n) is 5.82. The summed E-state index contributed by atoms with van der Waals surface area (Å²) in [6, 6.07) is 23.3. The summed E-state index contributed by atoms with van der Waals surface area (Å²) in [5.74, 6) is 0.777. The topological polar surface area (TPSA) is 83.1 Å². The molecule has 1 heterocycles. The van der Waals surface area contributed by atoms with Gasteiger partial charge in [-0.15, -0.1) is 0 Å². The molecule has 218 valence electrons. The van der Waals surface area contributed by atoms with E-state index in [4.69, 9.17) is 18.9 Å². The van der Waals surface area contributed by atoms with Gasteiger partial charge in [-0.2, -0.15) is 0 Å². The number of ether oxygens (including phenoxy) is 4. The second kappa shape index (κ2) is 13.0. The standard InChI is InChI=1S/C35H37NO6/c1-5-17-41-35(38)32-22(2)36-27-18-25(24-15-16-30(39-3)31(20-24)40-4)19-28(37)34(27)33(32)26-13-9-10-14-29(26)42-21-23-11-7-6-8-12-23/h6-16,20,25,33,36H,5,17-19,21H2,1-4H3/t25-,33-/m1/s1. The van der Waals surface area contributed by atoms with E-state index in [0.717, 1.165) is 22.4 Å². The number of rotatable bonds is 10. The summed E-state index contributed by atoms with van der Waals surface area (Å²) in [7, 11) is 3.21. The van der Waals surface area contributed by atoms with Crippen LogP contribution in [0.2, 0.25) is 0 Å². The van der Waals surface area contributed by atoms with Crippen molar-refractivity contribution < 1.29 is 28.5 Å². The van der Waals surface area contributed by atoms with Crippen LogP contribution in [0, 0.1) is 0 Å². The van der Waals surface area contributed by atoms with E-state index in [1.807, 2.05) is 86.6 Å². The molecule has 2 atom stereocenters. The first-order valence-electron chi connectivity index (χ1n) is 14.3. The van der Waals surface area contributed by atoms with Gasteiger partial charge in [-0.05, 0) is 55.0 Å². The van der Waals surface area contributed by atoms with Gasteiger partial charge in [0.25, 0.3) is 0 Å². The second-order valence-corrected chi connectivity index (χ2v) is 10.6. The first-order valence-corrected chi connectivity index (χ1v) is 14.3. The third kappa shape index (κ3) is 5.91. The number of esters is 1. The van der Waals surface area contributed by atoms with Crippen LogP contribution in [-0.2, 0) is 20.9 Å². The molecule has 1 N–H and O–H groups in total. The highest BCUT2D eigenvalue weighted by Gasteiger charge is 2.42. The Morgan fingerprint density at radius 1 is 0.905 bits per heavy atom. The van der Waals surface area contributed by atoms with Crippen LogP contribution in [0.15, 0.2) is 95.3 Å². The monoisotopic (exact) mass is 567 g/mol. The second-order valence-electron chi connectivity index (χ2n) is 10.6. The maximum absolute atomic E-state index is 14.1. The number of Topliss-reactive ketones (excluding diaryl/α,β-unsaturated/α-hetero) is 1. The summed E-state index contributed by atoms with van der Waals surface area (Å²) in [6.45, 7) is 4.49. The maximum atomic E-state index is 14.1. The average molecular weight is 568 g/mol. The average Bonchev–Trinajstić information content (AvgIpc) is 3.02. The Bertz CT molecular complexity index is 1520. The van der Waals surface area contributed by atoms with Crippen LogP contribution < -0.4 is 19.5 Å². The number of nitrogens with one attached hydrogen (secondary N) is 1. The Kier molecular flexibility index (Phi) is 8.96. The Hall–Kier alpha value is -4.52. The van der Waals surface area contributed by atoms with Crippen molar-refractivity contribution in [1.29, 1.82) is 0 Å². The van der Waals surface area contributed by atoms with Crippen molar-refractivity contribution in [3.63, 3.8) is 0 Å². The predicted molar refractivity (Wildman–Crippen MR) is 161 cm³/mol. The number of benzene rings is 3. The molecule has 0 radical (unpaired) electrons. The van der Waals surface area contributed by atoms with Crippen LogP contribution in [-0.4, -0.2) is 32.6 Å². The van der Waals surface area contributed by atoms with E-state index in [1.165, 1.54) is 0 Å². The molecule has 0 spiro atoms. The molecule has 7 heteroatoms. The number of ketones is 1. The number of carbonyl (C=O) groups is 2. The summed E-state index contributed by atoms with van der Waals surface area (Å²) >= 11 is 0. The summed E-state index contributed by atoms with van der Waals surface area (Å²) < 4.78 is 22.9. The summed E-state index contributed by atoms with van der Waals surface area (Å²) in [5.41, 5.74) is 5.32. The fourth-order valence-corrected chi connectivity index (χ4v) is 5.82. The van der Waals surface area contributed by atoms with Crippen molar-refractivity contribution in [3.8, 4) is 17.2 Å². The summed E-state index contributed by atoms with van der Waals surface area (Å²) in [6.07, 6.45) is 1.61. The van der Waals surface area contributed by atoms with Gasteiger partial charge in [-0.1, -0.05) is 61.5 Å². The first kappa shape index (κ1) is 29.0. The van der Waals surface area contributed by atoms with Gasteiger partial charge in [0.15, 0.2) is 17.3 Å². The van der Waals surface area contributed by atoms with E-state index in [1.54, 1.807) is 14.2 Å². The molecule has 3 aromatic carbocycles. The van der Waals surface area contributed by atoms with Crippen LogP contribution in [0.1, 0.15) is 61.6 Å². The zero-order valence-electron chi connectivity index (χ0n) is 24.6. The highest BCUT2D eigenvalue weighted by Crippen LogP contribution is 2.48. The minimum atomic E-state index is -0.614. The third-order valence-electron chi connectivity index (χ3n) is 7.83. The lowest BCUT2D eigenvalue weighted by molar-refractivity contribution is -0.139. The molecule has 0 bridgehead atoms. The van der Waals surface area contributed by atoms with E-state index in [2.05, 4.69) is 5.32 Å². The number of allylic oxidation sites excluding steroid dienone is 3. The summed E-state index contributed by atoms with van der Waals surface area (Å²) in [5, 5.41) is 3.42. The van der Waals surface area contributed by atoms with E-state index in [-0.39, 0.29) is 11.7 Å². The molecule has 1 aliphatic carbocycles. The molecule has 5 rings (SSSR count). The van der Waals surface area contributed by atoms with Gasteiger partial charge >= 0.3 is 5.97 Å². The lowest BCUT2D eigenvalue weighted by atomic mass is 9.71. The molecule has 0 aromatic heterocycles. The minimum absolute atomic E-state index is 0.0142. The number of hydrogen-bond acceptors (Lipinski definition) is 7. The van der Waals surface area contributed by atoms with Crippen LogP contribution in [0.25, 0.3) is 0 Å². The summed E-state index contributed by atoms with van der Waals surface area (Å²) in [4.78, 5) is 27.6. The van der Waals surface area contributed by atoms with E-state index < -0.39 is 11.9 Å². The van der Waals surface area contributed by atoms with Crippen LogP contribution in [0.5, 0.6) is 17.2 Å². The number of para-hydroxylation sites is 1. The van der Waals surface area contributed by atoms with Crippen LogP contribution in [0.3, 0.4) is 0 Å². The number of methoxy groups -OCH3 is 2. The lowest BCUT2D eigenvalue weighted by Gasteiger charge is -2.37. The van der Waals surface area contributed by atoms with Crippen molar-refractivity contribution in [1.82, 2.24) is 5.32 Å².